The molecule has 1 aliphatic heterocycles. The maximum Gasteiger partial charge on any atom is 0.316 e. The quantitative estimate of drug-likeness (QED) is 0.877. The topological polar surface area (TPSA) is 83.8 Å². The number of benzene rings is 1. The monoisotopic (exact) mass is 271 g/mol. The maximum absolute atomic E-state index is 11.7. The Morgan fingerprint density at radius 1 is 1.41 bits per heavy atom. The molecule has 0 radical (unpaired) electrons. The SMILES string of the molecule is C[C@H](SC1=NS(=O)(=O)c2ccccc21)C(=O)O. The van der Waals surface area contributed by atoms with E-state index in [-0.39, 0.29) is 9.94 Å². The molecule has 7 heteroatoms. The summed E-state index contributed by atoms with van der Waals surface area (Å²) >= 11 is 0.932. The predicted molar refractivity (Wildman–Crippen MR) is 64.9 cm³/mol. The Balaban J connectivity index is 2.42. The van der Waals surface area contributed by atoms with Gasteiger partial charge in [0.25, 0.3) is 10.0 Å². The molecule has 90 valence electrons. The van der Waals surface area contributed by atoms with Crippen LogP contribution < -0.4 is 0 Å². The van der Waals surface area contributed by atoms with E-state index in [1.54, 1.807) is 18.2 Å². The van der Waals surface area contributed by atoms with Gasteiger partial charge in [-0.15, -0.1) is 0 Å². The van der Waals surface area contributed by atoms with Crippen molar-refractivity contribution in [3.05, 3.63) is 29.8 Å². The molecule has 2 rings (SSSR count). The van der Waals surface area contributed by atoms with Crippen LogP contribution in [0, 0.1) is 0 Å². The van der Waals surface area contributed by atoms with E-state index < -0.39 is 21.2 Å². The number of hydrogen-bond acceptors (Lipinski definition) is 4. The zero-order valence-corrected chi connectivity index (χ0v) is 10.5. The number of sulfonamides is 1. The number of carboxylic acids is 1. The van der Waals surface area contributed by atoms with Gasteiger partial charge in [0.1, 0.15) is 10.3 Å². The maximum atomic E-state index is 11.7. The van der Waals surface area contributed by atoms with Gasteiger partial charge < -0.3 is 5.11 Å². The van der Waals surface area contributed by atoms with Crippen molar-refractivity contribution in [3.63, 3.8) is 0 Å². The Morgan fingerprint density at radius 3 is 2.71 bits per heavy atom. The van der Waals surface area contributed by atoms with E-state index in [0.717, 1.165) is 11.8 Å². The van der Waals surface area contributed by atoms with Crippen LogP contribution in [0.25, 0.3) is 0 Å². The van der Waals surface area contributed by atoms with Crippen LogP contribution in [0.4, 0.5) is 0 Å². The molecule has 0 aromatic heterocycles. The summed E-state index contributed by atoms with van der Waals surface area (Å²) in [4.78, 5) is 10.9. The Kier molecular flexibility index (Phi) is 2.96. The van der Waals surface area contributed by atoms with Gasteiger partial charge in [-0.25, -0.2) is 0 Å². The minimum atomic E-state index is -3.65. The van der Waals surface area contributed by atoms with Crippen molar-refractivity contribution >= 4 is 32.8 Å². The van der Waals surface area contributed by atoms with Gasteiger partial charge in [-0.05, 0) is 13.0 Å². The summed E-state index contributed by atoms with van der Waals surface area (Å²) < 4.78 is 26.9. The van der Waals surface area contributed by atoms with Crippen LogP contribution in [-0.2, 0) is 14.8 Å². The van der Waals surface area contributed by atoms with E-state index in [4.69, 9.17) is 5.11 Å². The summed E-state index contributed by atoms with van der Waals surface area (Å²) in [6, 6.07) is 6.40. The minimum absolute atomic E-state index is 0.139. The summed E-state index contributed by atoms with van der Waals surface area (Å²) in [5, 5.41) is 8.30. The third kappa shape index (κ3) is 2.20. The van der Waals surface area contributed by atoms with Crippen LogP contribution in [0.3, 0.4) is 0 Å². The molecule has 1 aromatic carbocycles. The predicted octanol–water partition coefficient (Wildman–Crippen LogP) is 1.34. The van der Waals surface area contributed by atoms with Crippen molar-refractivity contribution in [2.75, 3.05) is 0 Å². The second-order valence-corrected chi connectivity index (χ2v) is 6.37. The van der Waals surface area contributed by atoms with Crippen LogP contribution in [0.2, 0.25) is 0 Å². The first kappa shape index (κ1) is 12.1. The number of aliphatic carboxylic acids is 1. The van der Waals surface area contributed by atoms with Gasteiger partial charge in [0.2, 0.25) is 0 Å². The molecule has 1 N–H and O–H groups in total. The average molecular weight is 271 g/mol. The van der Waals surface area contributed by atoms with E-state index in [1.807, 2.05) is 0 Å². The van der Waals surface area contributed by atoms with Crippen molar-refractivity contribution in [1.29, 1.82) is 0 Å². The zero-order valence-electron chi connectivity index (χ0n) is 8.82. The van der Waals surface area contributed by atoms with E-state index in [0.29, 0.717) is 5.56 Å². The van der Waals surface area contributed by atoms with E-state index in [2.05, 4.69) is 4.40 Å². The Labute approximate surface area is 103 Å². The molecule has 5 nitrogen and oxygen atoms in total. The highest BCUT2D eigenvalue weighted by molar-refractivity contribution is 8.16. The standard InChI is InChI=1S/C10H9NO4S2/c1-6(10(12)13)16-9-7-4-2-3-5-8(7)17(14,15)11-9/h2-6H,1H3,(H,12,13)/t6-/m0/s1. The molecule has 0 saturated heterocycles. The highest BCUT2D eigenvalue weighted by atomic mass is 32.2. The van der Waals surface area contributed by atoms with Crippen LogP contribution in [-0.4, -0.2) is 29.8 Å². The first-order valence-corrected chi connectivity index (χ1v) is 7.07. The summed E-state index contributed by atoms with van der Waals surface area (Å²) in [5.41, 5.74) is 0.477. The summed E-state index contributed by atoms with van der Waals surface area (Å²) in [6.07, 6.45) is 0. The van der Waals surface area contributed by atoms with Crippen LogP contribution in [0.15, 0.2) is 33.6 Å². The van der Waals surface area contributed by atoms with Crippen molar-refractivity contribution in [3.8, 4) is 0 Å². The lowest BCUT2D eigenvalue weighted by molar-refractivity contribution is -0.136. The third-order valence-corrected chi connectivity index (χ3v) is 4.77. The van der Waals surface area contributed by atoms with Gasteiger partial charge in [0.15, 0.2) is 0 Å². The molecule has 1 atom stereocenters. The van der Waals surface area contributed by atoms with Crippen LogP contribution >= 0.6 is 11.8 Å². The lowest BCUT2D eigenvalue weighted by Gasteiger charge is -2.05. The smallest absolute Gasteiger partial charge is 0.316 e. The van der Waals surface area contributed by atoms with Gasteiger partial charge in [-0.3, -0.25) is 4.79 Å². The molecular formula is C10H9NO4S2. The number of nitrogens with zero attached hydrogens (tertiary/aromatic N) is 1. The molecule has 1 aliphatic rings. The fourth-order valence-electron chi connectivity index (χ4n) is 1.38. The molecule has 0 spiro atoms. The Hall–Kier alpha value is -1.34. The van der Waals surface area contributed by atoms with Crippen molar-refractivity contribution in [2.45, 2.75) is 17.1 Å². The van der Waals surface area contributed by atoms with Gasteiger partial charge in [-0.1, -0.05) is 30.0 Å². The zero-order chi connectivity index (χ0) is 12.6. The second kappa shape index (κ2) is 4.15. The third-order valence-electron chi connectivity index (χ3n) is 2.23. The number of carbonyl (C=O) groups is 1. The molecule has 1 aromatic rings. The minimum Gasteiger partial charge on any atom is -0.480 e. The molecule has 0 saturated carbocycles. The van der Waals surface area contributed by atoms with Gasteiger partial charge in [0.05, 0.1) is 4.90 Å². The summed E-state index contributed by atoms with van der Waals surface area (Å²) in [6.45, 7) is 1.49. The first-order valence-electron chi connectivity index (χ1n) is 4.75. The molecule has 0 amide bonds. The van der Waals surface area contributed by atoms with Gasteiger partial charge in [0, 0.05) is 5.56 Å². The van der Waals surface area contributed by atoms with Crippen LogP contribution in [0.1, 0.15) is 12.5 Å². The van der Waals surface area contributed by atoms with Crippen molar-refractivity contribution < 1.29 is 18.3 Å². The number of thioether (sulfide) groups is 1. The average Bonchev–Trinajstić information content (AvgIpc) is 2.51. The lowest BCUT2D eigenvalue weighted by atomic mass is 10.2. The molecule has 0 aliphatic carbocycles. The fraction of sp³-hybridized carbons (Fsp3) is 0.200. The molecular weight excluding hydrogens is 262 g/mol. The van der Waals surface area contributed by atoms with Gasteiger partial charge in [-0.2, -0.15) is 12.8 Å². The summed E-state index contributed by atoms with van der Waals surface area (Å²) in [7, 11) is -3.65. The van der Waals surface area contributed by atoms with Crippen molar-refractivity contribution in [2.24, 2.45) is 4.40 Å². The highest BCUT2D eigenvalue weighted by Crippen LogP contribution is 2.32. The number of rotatable bonds is 2. The van der Waals surface area contributed by atoms with Crippen LogP contribution in [0.5, 0.6) is 0 Å². The van der Waals surface area contributed by atoms with E-state index in [1.165, 1.54) is 13.0 Å². The molecule has 0 unspecified atom stereocenters. The Bertz CT molecular complexity index is 606. The number of carboxylic acid groups (broad SMARTS) is 1. The fourth-order valence-corrected chi connectivity index (χ4v) is 3.76. The number of fused-ring (bicyclic) bond motifs is 1. The normalized spacial score (nSPS) is 18.3. The lowest BCUT2D eigenvalue weighted by Crippen LogP contribution is -2.14. The first-order chi connectivity index (χ1) is 7.92. The van der Waals surface area contributed by atoms with E-state index in [9.17, 15) is 13.2 Å². The highest BCUT2D eigenvalue weighted by Gasteiger charge is 2.30. The van der Waals surface area contributed by atoms with Crippen molar-refractivity contribution in [1.82, 2.24) is 0 Å². The van der Waals surface area contributed by atoms with E-state index >= 15 is 0 Å². The molecule has 1 heterocycles. The number of hydrogen-bond donors (Lipinski definition) is 1. The largest absolute Gasteiger partial charge is 0.480 e. The molecule has 0 bridgehead atoms. The second-order valence-electron chi connectivity index (χ2n) is 3.47. The summed E-state index contributed by atoms with van der Waals surface area (Å²) in [5.74, 6) is -1.00. The molecule has 0 fully saturated rings. The Morgan fingerprint density at radius 2 is 2.06 bits per heavy atom. The van der Waals surface area contributed by atoms with Gasteiger partial charge >= 0.3 is 5.97 Å². The molecule has 17 heavy (non-hydrogen) atoms.